The van der Waals surface area contributed by atoms with Crippen LogP contribution in [0.25, 0.3) is 0 Å². The molecule has 0 radical (unpaired) electrons. The van der Waals surface area contributed by atoms with Crippen LogP contribution in [0.5, 0.6) is 5.75 Å². The molecule has 0 fully saturated rings. The Balaban J connectivity index is 2.68. The number of nitrogens with one attached hydrogen (secondary N) is 1. The fourth-order valence-corrected chi connectivity index (χ4v) is 1.79. The van der Waals surface area contributed by atoms with E-state index in [0.29, 0.717) is 12.3 Å². The van der Waals surface area contributed by atoms with Crippen LogP contribution in [-0.4, -0.2) is 38.6 Å². The standard InChI is InChI=1S/C12H20N2O3S/c1-4-13-9-11-12(6-5-10(2)14-11)17-7-8-18(3,15)16/h5-6,13H,4,7-9H2,1-3H3. The normalized spacial score (nSPS) is 11.5. The quantitative estimate of drug-likeness (QED) is 0.799. The first-order valence-corrected chi connectivity index (χ1v) is 7.96. The number of rotatable bonds is 7. The first-order chi connectivity index (χ1) is 8.42. The second kappa shape index (κ2) is 6.70. The fraction of sp³-hybridized carbons (Fsp3) is 0.583. The van der Waals surface area contributed by atoms with Crippen molar-refractivity contribution in [2.45, 2.75) is 20.4 Å². The average Bonchev–Trinajstić information content (AvgIpc) is 2.27. The molecule has 0 aliphatic carbocycles. The summed E-state index contributed by atoms with van der Waals surface area (Å²) < 4.78 is 27.5. The molecule has 0 aromatic carbocycles. The number of aryl methyl sites for hydroxylation is 1. The van der Waals surface area contributed by atoms with Gasteiger partial charge in [0.05, 0.1) is 11.4 Å². The van der Waals surface area contributed by atoms with E-state index in [9.17, 15) is 8.42 Å². The molecule has 0 amide bonds. The monoisotopic (exact) mass is 272 g/mol. The van der Waals surface area contributed by atoms with E-state index in [0.717, 1.165) is 17.9 Å². The highest BCUT2D eigenvalue weighted by molar-refractivity contribution is 7.90. The lowest BCUT2D eigenvalue weighted by molar-refractivity contribution is 0.334. The molecule has 1 aromatic rings. The molecule has 1 rings (SSSR count). The summed E-state index contributed by atoms with van der Waals surface area (Å²) in [5.41, 5.74) is 1.73. The van der Waals surface area contributed by atoms with Gasteiger partial charge in [-0.3, -0.25) is 4.98 Å². The Labute approximate surface area is 108 Å². The summed E-state index contributed by atoms with van der Waals surface area (Å²) >= 11 is 0. The second-order valence-corrected chi connectivity index (χ2v) is 6.42. The van der Waals surface area contributed by atoms with Gasteiger partial charge in [0.2, 0.25) is 0 Å². The zero-order chi connectivity index (χ0) is 13.6. The summed E-state index contributed by atoms with van der Waals surface area (Å²) in [6.07, 6.45) is 1.20. The van der Waals surface area contributed by atoms with Crippen LogP contribution in [0, 0.1) is 6.92 Å². The number of ether oxygens (including phenoxy) is 1. The van der Waals surface area contributed by atoms with Crippen LogP contribution in [0.3, 0.4) is 0 Å². The maximum absolute atomic E-state index is 11.0. The van der Waals surface area contributed by atoms with Gasteiger partial charge in [0.15, 0.2) is 9.84 Å². The Morgan fingerprint density at radius 1 is 1.39 bits per heavy atom. The van der Waals surface area contributed by atoms with Crippen molar-refractivity contribution in [2.75, 3.05) is 25.2 Å². The number of aromatic nitrogens is 1. The summed E-state index contributed by atoms with van der Waals surface area (Å²) in [4.78, 5) is 4.39. The molecule has 0 spiro atoms. The van der Waals surface area contributed by atoms with Crippen LogP contribution in [0.2, 0.25) is 0 Å². The van der Waals surface area contributed by atoms with Gasteiger partial charge >= 0.3 is 0 Å². The molecule has 0 aliphatic heterocycles. The number of hydrogen-bond acceptors (Lipinski definition) is 5. The molecule has 0 saturated heterocycles. The van der Waals surface area contributed by atoms with E-state index in [4.69, 9.17) is 4.74 Å². The molecule has 6 heteroatoms. The third-order valence-electron chi connectivity index (χ3n) is 2.33. The zero-order valence-electron chi connectivity index (χ0n) is 11.1. The van der Waals surface area contributed by atoms with E-state index >= 15 is 0 Å². The molecule has 5 nitrogen and oxygen atoms in total. The van der Waals surface area contributed by atoms with Gasteiger partial charge in [-0.2, -0.15) is 0 Å². The van der Waals surface area contributed by atoms with Crippen LogP contribution in [0.15, 0.2) is 12.1 Å². The Morgan fingerprint density at radius 3 is 2.72 bits per heavy atom. The van der Waals surface area contributed by atoms with Crippen molar-refractivity contribution >= 4 is 9.84 Å². The van der Waals surface area contributed by atoms with Gasteiger partial charge < -0.3 is 10.1 Å². The number of hydrogen-bond donors (Lipinski definition) is 1. The molecule has 1 N–H and O–H groups in total. The minimum absolute atomic E-state index is 0.0154. The smallest absolute Gasteiger partial charge is 0.150 e. The third kappa shape index (κ3) is 5.46. The first-order valence-electron chi connectivity index (χ1n) is 5.90. The van der Waals surface area contributed by atoms with E-state index in [-0.39, 0.29) is 12.4 Å². The van der Waals surface area contributed by atoms with Crippen LogP contribution in [0.1, 0.15) is 18.3 Å². The first kappa shape index (κ1) is 14.9. The Bertz CT molecular complexity index is 486. The summed E-state index contributed by atoms with van der Waals surface area (Å²) in [7, 11) is -2.99. The molecule has 0 saturated carbocycles. The molecule has 0 atom stereocenters. The lowest BCUT2D eigenvalue weighted by atomic mass is 10.3. The highest BCUT2D eigenvalue weighted by Crippen LogP contribution is 2.16. The minimum atomic E-state index is -2.99. The summed E-state index contributed by atoms with van der Waals surface area (Å²) in [6.45, 7) is 5.54. The maximum Gasteiger partial charge on any atom is 0.150 e. The maximum atomic E-state index is 11.0. The van der Waals surface area contributed by atoms with Crippen molar-refractivity contribution in [3.63, 3.8) is 0 Å². The molecule has 0 aliphatic rings. The van der Waals surface area contributed by atoms with Gasteiger partial charge in [-0.15, -0.1) is 0 Å². The molecule has 18 heavy (non-hydrogen) atoms. The lowest BCUT2D eigenvalue weighted by Crippen LogP contribution is -2.17. The topological polar surface area (TPSA) is 68.3 Å². The third-order valence-corrected chi connectivity index (χ3v) is 3.23. The highest BCUT2D eigenvalue weighted by Gasteiger charge is 2.07. The molecule has 1 aromatic heterocycles. The van der Waals surface area contributed by atoms with Gasteiger partial charge in [-0.25, -0.2) is 8.42 Å². The van der Waals surface area contributed by atoms with E-state index in [2.05, 4.69) is 10.3 Å². The van der Waals surface area contributed by atoms with E-state index in [1.54, 1.807) is 0 Å². The van der Waals surface area contributed by atoms with Gasteiger partial charge in [-0.1, -0.05) is 6.92 Å². The molecule has 102 valence electrons. The Hall–Kier alpha value is -1.14. The van der Waals surface area contributed by atoms with Crippen LogP contribution >= 0.6 is 0 Å². The fourth-order valence-electron chi connectivity index (χ4n) is 1.40. The highest BCUT2D eigenvalue weighted by atomic mass is 32.2. The van der Waals surface area contributed by atoms with Crippen molar-refractivity contribution in [1.82, 2.24) is 10.3 Å². The van der Waals surface area contributed by atoms with Crippen molar-refractivity contribution in [1.29, 1.82) is 0 Å². The molecular weight excluding hydrogens is 252 g/mol. The van der Waals surface area contributed by atoms with E-state index in [1.807, 2.05) is 26.0 Å². The van der Waals surface area contributed by atoms with Crippen molar-refractivity contribution in [2.24, 2.45) is 0 Å². The summed E-state index contributed by atoms with van der Waals surface area (Å²) in [5.74, 6) is 0.659. The second-order valence-electron chi connectivity index (χ2n) is 4.16. The zero-order valence-corrected chi connectivity index (χ0v) is 11.9. The van der Waals surface area contributed by atoms with Crippen molar-refractivity contribution < 1.29 is 13.2 Å². The van der Waals surface area contributed by atoms with Crippen LogP contribution in [0.4, 0.5) is 0 Å². The summed E-state index contributed by atoms with van der Waals surface area (Å²) in [5, 5.41) is 3.18. The Kier molecular flexibility index (Phi) is 5.55. The number of nitrogens with zero attached hydrogens (tertiary/aromatic N) is 1. The van der Waals surface area contributed by atoms with Gasteiger partial charge in [0.25, 0.3) is 0 Å². The van der Waals surface area contributed by atoms with Gasteiger partial charge in [0.1, 0.15) is 12.4 Å². The van der Waals surface area contributed by atoms with Crippen LogP contribution < -0.4 is 10.1 Å². The molecule has 0 bridgehead atoms. The SMILES string of the molecule is CCNCc1nc(C)ccc1OCCS(C)(=O)=O. The molecular formula is C12H20N2O3S. The lowest BCUT2D eigenvalue weighted by Gasteiger charge is -2.11. The largest absolute Gasteiger partial charge is 0.491 e. The number of sulfone groups is 1. The van der Waals surface area contributed by atoms with Gasteiger partial charge in [-0.05, 0) is 25.6 Å². The van der Waals surface area contributed by atoms with Crippen LogP contribution in [-0.2, 0) is 16.4 Å². The van der Waals surface area contributed by atoms with Gasteiger partial charge in [0, 0.05) is 18.5 Å². The van der Waals surface area contributed by atoms with E-state index < -0.39 is 9.84 Å². The minimum Gasteiger partial charge on any atom is -0.491 e. The predicted octanol–water partition coefficient (Wildman–Crippen LogP) is 0.923. The van der Waals surface area contributed by atoms with Crippen molar-refractivity contribution in [3.8, 4) is 5.75 Å². The van der Waals surface area contributed by atoms with Crippen molar-refractivity contribution in [3.05, 3.63) is 23.5 Å². The number of pyridine rings is 1. The summed E-state index contributed by atoms with van der Waals surface area (Å²) in [6, 6.07) is 3.68. The predicted molar refractivity (Wildman–Crippen MR) is 71.6 cm³/mol. The Morgan fingerprint density at radius 2 is 2.11 bits per heavy atom. The molecule has 0 unspecified atom stereocenters. The average molecular weight is 272 g/mol. The molecule has 1 heterocycles. The van der Waals surface area contributed by atoms with E-state index in [1.165, 1.54) is 6.26 Å².